The first kappa shape index (κ1) is 14.9. The van der Waals surface area contributed by atoms with Gasteiger partial charge in [0.05, 0.1) is 5.75 Å². The lowest BCUT2D eigenvalue weighted by Gasteiger charge is -2.30. The molecule has 4 nitrogen and oxygen atoms in total. The fourth-order valence-corrected chi connectivity index (χ4v) is 3.05. The minimum atomic E-state index is -3.06. The third-order valence-corrected chi connectivity index (χ3v) is 4.17. The van der Waals surface area contributed by atoms with Crippen LogP contribution in [0.3, 0.4) is 0 Å². The van der Waals surface area contributed by atoms with E-state index < -0.39 is 10.0 Å². The van der Waals surface area contributed by atoms with Crippen LogP contribution in [0.15, 0.2) is 12.7 Å². The van der Waals surface area contributed by atoms with E-state index >= 15 is 0 Å². The summed E-state index contributed by atoms with van der Waals surface area (Å²) in [5, 5.41) is 3.21. The van der Waals surface area contributed by atoms with Crippen LogP contribution in [0.4, 0.5) is 0 Å². The smallest absolute Gasteiger partial charge is 0.214 e. The van der Waals surface area contributed by atoms with Crippen LogP contribution in [0.2, 0.25) is 0 Å². The van der Waals surface area contributed by atoms with Gasteiger partial charge in [-0.2, -0.15) is 4.31 Å². The molecule has 1 rings (SSSR count). The number of halogens is 1. The van der Waals surface area contributed by atoms with Crippen LogP contribution in [0, 0.1) is 0 Å². The van der Waals surface area contributed by atoms with E-state index in [0.29, 0.717) is 19.5 Å². The number of allylic oxidation sites excluding steroid dienone is 1. The summed E-state index contributed by atoms with van der Waals surface area (Å²) in [5.41, 5.74) is 0. The largest absolute Gasteiger partial charge is 0.312 e. The van der Waals surface area contributed by atoms with Gasteiger partial charge in [0, 0.05) is 25.7 Å². The molecule has 0 aromatic heterocycles. The van der Waals surface area contributed by atoms with E-state index in [0.717, 1.165) is 6.54 Å². The van der Waals surface area contributed by atoms with E-state index in [1.807, 2.05) is 6.92 Å². The number of hydrogen-bond acceptors (Lipinski definition) is 3. The molecule has 0 aliphatic carbocycles. The fourth-order valence-electron chi connectivity index (χ4n) is 1.51. The average molecular weight is 255 g/mol. The summed E-state index contributed by atoms with van der Waals surface area (Å²) in [6, 6.07) is 0.252. The second-order valence-corrected chi connectivity index (χ2v) is 5.70. The van der Waals surface area contributed by atoms with Crippen LogP contribution < -0.4 is 5.32 Å². The Morgan fingerprint density at radius 2 is 2.27 bits per heavy atom. The Bertz CT molecular complexity index is 292. The average Bonchev–Trinajstić information content (AvgIpc) is 2.15. The summed E-state index contributed by atoms with van der Waals surface area (Å²) >= 11 is 0. The lowest BCUT2D eigenvalue weighted by Crippen LogP contribution is -2.51. The molecule has 0 saturated carbocycles. The number of rotatable bonds is 4. The van der Waals surface area contributed by atoms with E-state index in [-0.39, 0.29) is 24.2 Å². The Morgan fingerprint density at radius 1 is 1.60 bits per heavy atom. The molecular weight excluding hydrogens is 236 g/mol. The maximum Gasteiger partial charge on any atom is 0.214 e. The molecule has 6 heteroatoms. The molecule has 90 valence electrons. The fraction of sp³-hybridized carbons (Fsp3) is 0.778. The Labute approximate surface area is 98.2 Å². The highest BCUT2D eigenvalue weighted by molar-refractivity contribution is 7.89. The summed E-state index contributed by atoms with van der Waals surface area (Å²) < 4.78 is 25.0. The number of piperazine rings is 1. The molecule has 1 fully saturated rings. The van der Waals surface area contributed by atoms with Crippen LogP contribution in [-0.4, -0.2) is 44.2 Å². The number of sulfonamides is 1. The van der Waals surface area contributed by atoms with Crippen molar-refractivity contribution >= 4 is 22.4 Å². The number of nitrogens with one attached hydrogen (secondary N) is 1. The molecule has 1 atom stereocenters. The van der Waals surface area contributed by atoms with Crippen molar-refractivity contribution < 1.29 is 8.42 Å². The molecular formula is C9H19ClN2O2S. The van der Waals surface area contributed by atoms with Gasteiger partial charge in [0.1, 0.15) is 0 Å². The van der Waals surface area contributed by atoms with Crippen molar-refractivity contribution in [1.29, 1.82) is 0 Å². The van der Waals surface area contributed by atoms with E-state index in [4.69, 9.17) is 0 Å². The van der Waals surface area contributed by atoms with Crippen molar-refractivity contribution in [3.05, 3.63) is 12.7 Å². The van der Waals surface area contributed by atoms with Gasteiger partial charge in [0.25, 0.3) is 0 Å². The SMILES string of the molecule is C=CCCS(=O)(=O)N1CCNC(C)C1.Cl. The minimum Gasteiger partial charge on any atom is -0.312 e. The van der Waals surface area contributed by atoms with Gasteiger partial charge < -0.3 is 5.32 Å². The predicted octanol–water partition coefficient (Wildman–Crippen LogP) is 0.608. The summed E-state index contributed by atoms with van der Waals surface area (Å²) in [6.45, 7) is 7.44. The molecule has 0 amide bonds. The van der Waals surface area contributed by atoms with E-state index in [9.17, 15) is 8.42 Å². The van der Waals surface area contributed by atoms with Crippen LogP contribution in [0.5, 0.6) is 0 Å². The Balaban J connectivity index is 0.00000196. The van der Waals surface area contributed by atoms with Crippen molar-refractivity contribution in [2.24, 2.45) is 0 Å². The van der Waals surface area contributed by atoms with Gasteiger partial charge in [-0.15, -0.1) is 19.0 Å². The Morgan fingerprint density at radius 3 is 2.80 bits per heavy atom. The third kappa shape index (κ3) is 4.51. The van der Waals surface area contributed by atoms with E-state index in [1.165, 1.54) is 0 Å². The highest BCUT2D eigenvalue weighted by Crippen LogP contribution is 2.07. The van der Waals surface area contributed by atoms with Gasteiger partial charge in [-0.05, 0) is 13.3 Å². The zero-order valence-corrected chi connectivity index (χ0v) is 10.6. The molecule has 1 unspecified atom stereocenters. The highest BCUT2D eigenvalue weighted by atomic mass is 35.5. The van der Waals surface area contributed by atoms with E-state index in [1.54, 1.807) is 10.4 Å². The molecule has 1 N–H and O–H groups in total. The normalized spacial score (nSPS) is 23.1. The van der Waals surface area contributed by atoms with Crippen molar-refractivity contribution in [3.8, 4) is 0 Å². The molecule has 1 saturated heterocycles. The molecule has 0 bridgehead atoms. The summed E-state index contributed by atoms with van der Waals surface area (Å²) in [6.07, 6.45) is 2.17. The van der Waals surface area contributed by atoms with Gasteiger partial charge in [0.15, 0.2) is 0 Å². The van der Waals surface area contributed by atoms with Gasteiger partial charge >= 0.3 is 0 Å². The Hall–Kier alpha value is -0.100. The molecule has 0 radical (unpaired) electrons. The lowest BCUT2D eigenvalue weighted by atomic mass is 10.3. The van der Waals surface area contributed by atoms with Crippen molar-refractivity contribution in [2.75, 3.05) is 25.4 Å². The maximum absolute atomic E-state index is 11.7. The topological polar surface area (TPSA) is 49.4 Å². The van der Waals surface area contributed by atoms with Crippen molar-refractivity contribution in [2.45, 2.75) is 19.4 Å². The predicted molar refractivity (Wildman–Crippen MR) is 64.9 cm³/mol. The first-order valence-corrected chi connectivity index (χ1v) is 6.49. The third-order valence-electron chi connectivity index (χ3n) is 2.30. The summed E-state index contributed by atoms with van der Waals surface area (Å²) in [5.74, 6) is 0.184. The molecule has 1 aliphatic rings. The van der Waals surface area contributed by atoms with Gasteiger partial charge in [-0.25, -0.2) is 8.42 Å². The van der Waals surface area contributed by atoms with Crippen LogP contribution in [0.25, 0.3) is 0 Å². The molecule has 0 aromatic carbocycles. The molecule has 1 aliphatic heterocycles. The first-order valence-electron chi connectivity index (χ1n) is 4.88. The molecule has 1 heterocycles. The van der Waals surface area contributed by atoms with Gasteiger partial charge in [-0.3, -0.25) is 0 Å². The standard InChI is InChI=1S/C9H18N2O2S.ClH/c1-3-4-7-14(12,13)11-6-5-10-9(2)8-11;/h3,9-10H,1,4-8H2,2H3;1H. The quantitative estimate of drug-likeness (QED) is 0.748. The van der Waals surface area contributed by atoms with Gasteiger partial charge in [-0.1, -0.05) is 6.08 Å². The second kappa shape index (κ2) is 6.48. The van der Waals surface area contributed by atoms with E-state index in [2.05, 4.69) is 11.9 Å². The lowest BCUT2D eigenvalue weighted by molar-refractivity contribution is 0.310. The first-order chi connectivity index (χ1) is 6.56. The maximum atomic E-state index is 11.7. The zero-order chi connectivity index (χ0) is 10.6. The van der Waals surface area contributed by atoms with Crippen molar-refractivity contribution in [3.63, 3.8) is 0 Å². The summed E-state index contributed by atoms with van der Waals surface area (Å²) in [7, 11) is -3.06. The molecule has 0 aromatic rings. The highest BCUT2D eigenvalue weighted by Gasteiger charge is 2.25. The molecule has 15 heavy (non-hydrogen) atoms. The monoisotopic (exact) mass is 254 g/mol. The zero-order valence-electron chi connectivity index (χ0n) is 8.98. The van der Waals surface area contributed by atoms with Crippen LogP contribution in [0.1, 0.15) is 13.3 Å². The van der Waals surface area contributed by atoms with Crippen LogP contribution in [-0.2, 0) is 10.0 Å². The number of hydrogen-bond donors (Lipinski definition) is 1. The molecule has 0 spiro atoms. The summed E-state index contributed by atoms with van der Waals surface area (Å²) in [4.78, 5) is 0. The van der Waals surface area contributed by atoms with Crippen LogP contribution >= 0.6 is 12.4 Å². The van der Waals surface area contributed by atoms with Crippen molar-refractivity contribution in [1.82, 2.24) is 9.62 Å². The minimum absolute atomic E-state index is 0. The second-order valence-electron chi connectivity index (χ2n) is 3.61. The van der Waals surface area contributed by atoms with Gasteiger partial charge in [0.2, 0.25) is 10.0 Å². The Kier molecular flexibility index (Phi) is 6.43. The number of nitrogens with zero attached hydrogens (tertiary/aromatic N) is 1.